The topological polar surface area (TPSA) is 41.5 Å². The van der Waals surface area contributed by atoms with Crippen molar-refractivity contribution < 1.29 is 4.79 Å². The minimum Gasteiger partial charge on any atom is -0.273 e. The van der Waals surface area contributed by atoms with Crippen molar-refractivity contribution >= 4 is 22.9 Å². The summed E-state index contributed by atoms with van der Waals surface area (Å²) in [7, 11) is 0. The second kappa shape index (κ2) is 10.6. The van der Waals surface area contributed by atoms with Crippen LogP contribution >= 0.6 is 0 Å². The molecule has 0 saturated carbocycles. The normalized spacial score (nSPS) is 11.2. The van der Waals surface area contributed by atoms with Crippen molar-refractivity contribution in [2.75, 3.05) is 0 Å². The first-order valence-corrected chi connectivity index (χ1v) is 9.08. The highest BCUT2D eigenvalue weighted by molar-refractivity contribution is 5.90. The third kappa shape index (κ3) is 6.15. The maximum absolute atomic E-state index is 12.0. The van der Waals surface area contributed by atoms with Crippen LogP contribution in [0.4, 0.5) is 0 Å². The van der Waals surface area contributed by atoms with Crippen LogP contribution in [-0.4, -0.2) is 12.1 Å². The molecule has 0 aliphatic carbocycles. The molecule has 2 aromatic carbocycles. The van der Waals surface area contributed by atoms with Gasteiger partial charge in [-0.3, -0.25) is 4.79 Å². The Labute approximate surface area is 145 Å². The van der Waals surface area contributed by atoms with E-state index in [4.69, 9.17) is 0 Å². The average molecular weight is 324 g/mol. The number of amides is 1. The van der Waals surface area contributed by atoms with Crippen molar-refractivity contribution in [2.45, 2.75) is 58.3 Å². The second-order valence-corrected chi connectivity index (χ2v) is 6.22. The van der Waals surface area contributed by atoms with Gasteiger partial charge in [-0.25, -0.2) is 5.43 Å². The molecule has 0 fully saturated rings. The lowest BCUT2D eigenvalue weighted by Crippen LogP contribution is -2.19. The van der Waals surface area contributed by atoms with Gasteiger partial charge in [0.25, 0.3) is 0 Å². The molecule has 1 amide bonds. The first kappa shape index (κ1) is 18.2. The van der Waals surface area contributed by atoms with E-state index in [-0.39, 0.29) is 5.91 Å². The van der Waals surface area contributed by atoms with E-state index >= 15 is 0 Å². The summed E-state index contributed by atoms with van der Waals surface area (Å²) < 4.78 is 0. The summed E-state index contributed by atoms with van der Waals surface area (Å²) in [5.74, 6) is -0.0643. The van der Waals surface area contributed by atoms with Crippen LogP contribution < -0.4 is 5.43 Å². The van der Waals surface area contributed by atoms with Crippen molar-refractivity contribution in [3.63, 3.8) is 0 Å². The molecule has 0 spiro atoms. The molecule has 0 aliphatic rings. The van der Waals surface area contributed by atoms with Crippen LogP contribution in [-0.2, 0) is 11.2 Å². The van der Waals surface area contributed by atoms with Crippen LogP contribution in [0, 0.1) is 0 Å². The molecule has 0 aliphatic heterocycles. The number of hydrogen-bond donors (Lipinski definition) is 1. The minimum atomic E-state index is -0.0643. The van der Waals surface area contributed by atoms with Gasteiger partial charge in [0.1, 0.15) is 0 Å². The number of hydrogen-bond acceptors (Lipinski definition) is 2. The zero-order chi connectivity index (χ0) is 17.0. The zero-order valence-corrected chi connectivity index (χ0v) is 14.6. The molecule has 0 aromatic heterocycles. The summed E-state index contributed by atoms with van der Waals surface area (Å²) in [5.41, 5.74) is 3.68. The van der Waals surface area contributed by atoms with Crippen LogP contribution in [0.3, 0.4) is 0 Å². The number of nitrogens with one attached hydrogen (secondary N) is 1. The van der Waals surface area contributed by atoms with Gasteiger partial charge in [-0.1, -0.05) is 81.5 Å². The molecule has 2 rings (SSSR count). The Hall–Kier alpha value is -2.16. The first-order valence-electron chi connectivity index (χ1n) is 9.08. The summed E-state index contributed by atoms with van der Waals surface area (Å²) >= 11 is 0. The molecule has 128 valence electrons. The maximum Gasteiger partial charge on any atom is 0.244 e. The number of unbranched alkanes of at least 4 members (excludes halogenated alkanes) is 6. The van der Waals surface area contributed by atoms with Gasteiger partial charge in [0.05, 0.1) is 6.42 Å². The number of fused-ring (bicyclic) bond motifs is 1. The Morgan fingerprint density at radius 2 is 1.75 bits per heavy atom. The van der Waals surface area contributed by atoms with Crippen molar-refractivity contribution in [2.24, 2.45) is 5.10 Å². The summed E-state index contributed by atoms with van der Waals surface area (Å²) in [6, 6.07) is 14.2. The molecular formula is C21H28N2O. The van der Waals surface area contributed by atoms with Crippen LogP contribution in [0.5, 0.6) is 0 Å². The van der Waals surface area contributed by atoms with Gasteiger partial charge in [0, 0.05) is 6.21 Å². The Balaban J connectivity index is 1.70. The van der Waals surface area contributed by atoms with E-state index in [1.165, 1.54) is 32.1 Å². The van der Waals surface area contributed by atoms with E-state index in [9.17, 15) is 4.79 Å². The number of benzene rings is 2. The van der Waals surface area contributed by atoms with Gasteiger partial charge in [-0.05, 0) is 29.2 Å². The molecule has 2 aromatic rings. The quantitative estimate of drug-likeness (QED) is 0.363. The molecule has 0 bridgehead atoms. The summed E-state index contributed by atoms with van der Waals surface area (Å²) in [6.07, 6.45) is 10.7. The van der Waals surface area contributed by atoms with Gasteiger partial charge in [0.2, 0.25) is 5.91 Å². The number of rotatable bonds is 10. The fourth-order valence-electron chi connectivity index (χ4n) is 2.86. The van der Waals surface area contributed by atoms with Crippen LogP contribution in [0.25, 0.3) is 10.8 Å². The third-order valence-corrected chi connectivity index (χ3v) is 4.20. The first-order chi connectivity index (χ1) is 11.8. The highest BCUT2D eigenvalue weighted by atomic mass is 16.2. The van der Waals surface area contributed by atoms with Crippen LogP contribution in [0.1, 0.15) is 57.4 Å². The number of hydrazone groups is 1. The minimum absolute atomic E-state index is 0.0643. The molecule has 0 heterocycles. The van der Waals surface area contributed by atoms with Gasteiger partial charge >= 0.3 is 0 Å². The van der Waals surface area contributed by atoms with E-state index < -0.39 is 0 Å². The SMILES string of the molecule is CCCCCCCCC=NNC(=O)Cc1cccc2ccccc12. The third-order valence-electron chi connectivity index (χ3n) is 4.20. The standard InChI is InChI=1S/C21H28N2O/c1-2-3-4-5-6-7-10-16-22-23-21(24)17-19-14-11-13-18-12-8-9-15-20(18)19/h8-9,11-16H,2-7,10,17H2,1H3,(H,23,24). The Kier molecular flexibility index (Phi) is 8.02. The number of carbonyl (C=O) groups excluding carboxylic acids is 1. The second-order valence-electron chi connectivity index (χ2n) is 6.22. The van der Waals surface area contributed by atoms with E-state index in [1.54, 1.807) is 0 Å². The largest absolute Gasteiger partial charge is 0.273 e. The van der Waals surface area contributed by atoms with Gasteiger partial charge in [-0.15, -0.1) is 0 Å². The lowest BCUT2D eigenvalue weighted by Gasteiger charge is -2.05. The predicted octanol–water partition coefficient (Wildman–Crippen LogP) is 5.23. The van der Waals surface area contributed by atoms with Gasteiger partial charge in [-0.2, -0.15) is 5.10 Å². The molecule has 0 radical (unpaired) electrons. The Morgan fingerprint density at radius 3 is 2.62 bits per heavy atom. The Bertz CT molecular complexity index is 658. The van der Waals surface area contributed by atoms with E-state index in [0.717, 1.165) is 29.2 Å². The molecule has 0 atom stereocenters. The number of nitrogens with zero attached hydrogens (tertiary/aromatic N) is 1. The molecule has 1 N–H and O–H groups in total. The lowest BCUT2D eigenvalue weighted by atomic mass is 10.0. The highest BCUT2D eigenvalue weighted by Gasteiger charge is 2.05. The fourth-order valence-corrected chi connectivity index (χ4v) is 2.86. The van der Waals surface area contributed by atoms with E-state index in [0.29, 0.717) is 6.42 Å². The molecular weight excluding hydrogens is 296 g/mol. The van der Waals surface area contributed by atoms with Crippen molar-refractivity contribution in [1.82, 2.24) is 5.43 Å². The maximum atomic E-state index is 12.0. The zero-order valence-electron chi connectivity index (χ0n) is 14.6. The van der Waals surface area contributed by atoms with E-state index in [2.05, 4.69) is 35.7 Å². The van der Waals surface area contributed by atoms with Crippen molar-refractivity contribution in [3.8, 4) is 0 Å². The molecule has 3 heteroatoms. The summed E-state index contributed by atoms with van der Waals surface area (Å²) in [6.45, 7) is 2.23. The predicted molar refractivity (Wildman–Crippen MR) is 102 cm³/mol. The smallest absolute Gasteiger partial charge is 0.244 e. The monoisotopic (exact) mass is 324 g/mol. The van der Waals surface area contributed by atoms with Gasteiger partial charge in [0.15, 0.2) is 0 Å². The number of carbonyl (C=O) groups is 1. The molecule has 0 saturated heterocycles. The van der Waals surface area contributed by atoms with Crippen LogP contribution in [0.2, 0.25) is 0 Å². The highest BCUT2D eigenvalue weighted by Crippen LogP contribution is 2.18. The van der Waals surface area contributed by atoms with Crippen LogP contribution in [0.15, 0.2) is 47.6 Å². The molecule has 0 unspecified atom stereocenters. The average Bonchev–Trinajstić information content (AvgIpc) is 2.61. The Morgan fingerprint density at radius 1 is 1.00 bits per heavy atom. The summed E-state index contributed by atoms with van der Waals surface area (Å²) in [5, 5.41) is 6.35. The molecule has 3 nitrogen and oxygen atoms in total. The van der Waals surface area contributed by atoms with Crippen molar-refractivity contribution in [3.05, 3.63) is 48.0 Å². The fraction of sp³-hybridized carbons (Fsp3) is 0.429. The van der Waals surface area contributed by atoms with Crippen molar-refractivity contribution in [1.29, 1.82) is 0 Å². The van der Waals surface area contributed by atoms with Gasteiger partial charge < -0.3 is 0 Å². The van der Waals surface area contributed by atoms with E-state index in [1.807, 2.05) is 30.5 Å². The molecule has 24 heavy (non-hydrogen) atoms. The summed E-state index contributed by atoms with van der Waals surface area (Å²) in [4.78, 5) is 12.0. The lowest BCUT2D eigenvalue weighted by molar-refractivity contribution is -0.120.